The van der Waals surface area contributed by atoms with Crippen LogP contribution in [0.1, 0.15) is 200 Å². The highest BCUT2D eigenvalue weighted by Gasteiger charge is 2.23. The molecular formula is C40H77O10P. The minimum absolute atomic E-state index is 0.172. The van der Waals surface area contributed by atoms with E-state index < -0.39 is 44.7 Å². The number of carbonyl (C=O) groups is 2. The fourth-order valence-corrected chi connectivity index (χ4v) is 6.35. The molecule has 0 heterocycles. The molecule has 0 bridgehead atoms. The van der Waals surface area contributed by atoms with Crippen molar-refractivity contribution >= 4 is 19.8 Å². The van der Waals surface area contributed by atoms with Crippen molar-refractivity contribution in [3.05, 3.63) is 12.2 Å². The summed E-state index contributed by atoms with van der Waals surface area (Å²) in [6.07, 6.45) is 31.0. The van der Waals surface area contributed by atoms with E-state index in [2.05, 4.69) is 24.4 Å². The van der Waals surface area contributed by atoms with Crippen LogP contribution in [0.4, 0.5) is 0 Å². The Balaban J connectivity index is 4.02. The first-order valence-corrected chi connectivity index (χ1v) is 22.2. The highest BCUT2D eigenvalue weighted by atomic mass is 31.2. The SMILES string of the molecule is CCCCC/C=C\C[C@@H](O)[C@H](O)CCCCCCCC(=O)OC[C@H](COP(=O)(O)O)OC(=O)CCCCCCCCCCCCCCCCCC. The standard InChI is InChI=1S/C40H77O10P/c1-3-5-7-9-11-12-13-14-15-16-17-18-19-20-24-29-33-40(44)50-36(35-49-51(45,46)47)34-48-39(43)32-28-25-21-23-27-31-38(42)37(41)30-26-22-10-8-6-4-2/h22,26,36-38,41-42H,3-21,23-25,27-35H2,1-2H3,(H2,45,46,47)/b26-22-/t36-,37-,38-/m1/s1. The van der Waals surface area contributed by atoms with E-state index in [1.165, 1.54) is 89.9 Å². The monoisotopic (exact) mass is 749 g/mol. The molecule has 11 heteroatoms. The van der Waals surface area contributed by atoms with Crippen LogP contribution < -0.4 is 0 Å². The third kappa shape index (κ3) is 36.8. The Labute approximate surface area is 311 Å². The van der Waals surface area contributed by atoms with Gasteiger partial charge in [-0.15, -0.1) is 0 Å². The number of hydrogen-bond donors (Lipinski definition) is 4. The van der Waals surface area contributed by atoms with Gasteiger partial charge in [0.05, 0.1) is 18.8 Å². The van der Waals surface area contributed by atoms with Crippen molar-refractivity contribution in [3.8, 4) is 0 Å². The number of unbranched alkanes of at least 4 members (excludes halogenated alkanes) is 22. The lowest BCUT2D eigenvalue weighted by atomic mass is 10.0. The number of carbonyl (C=O) groups excluding carboxylic acids is 2. The minimum atomic E-state index is -4.78. The van der Waals surface area contributed by atoms with E-state index in [9.17, 15) is 24.4 Å². The van der Waals surface area contributed by atoms with Gasteiger partial charge in [-0.25, -0.2) is 4.57 Å². The lowest BCUT2D eigenvalue weighted by Crippen LogP contribution is -2.29. The van der Waals surface area contributed by atoms with Crippen molar-refractivity contribution in [2.45, 2.75) is 218 Å². The van der Waals surface area contributed by atoms with E-state index in [-0.39, 0.29) is 19.4 Å². The third-order valence-electron chi connectivity index (χ3n) is 9.23. The van der Waals surface area contributed by atoms with E-state index in [1.54, 1.807) is 0 Å². The van der Waals surface area contributed by atoms with Gasteiger partial charge in [0, 0.05) is 12.8 Å². The van der Waals surface area contributed by atoms with Crippen molar-refractivity contribution in [1.82, 2.24) is 0 Å². The Morgan fingerprint density at radius 2 is 1.02 bits per heavy atom. The Bertz CT molecular complexity index is 877. The molecular weight excluding hydrogens is 671 g/mol. The van der Waals surface area contributed by atoms with Gasteiger partial charge in [-0.2, -0.15) is 0 Å². The molecule has 0 aromatic rings. The maximum absolute atomic E-state index is 12.4. The highest BCUT2D eigenvalue weighted by molar-refractivity contribution is 7.46. The molecule has 0 spiro atoms. The number of aliphatic hydroxyl groups is 2. The van der Waals surface area contributed by atoms with Gasteiger partial charge in [-0.05, 0) is 38.5 Å². The number of phosphoric ester groups is 1. The van der Waals surface area contributed by atoms with Gasteiger partial charge in [0.15, 0.2) is 6.10 Å². The lowest BCUT2D eigenvalue weighted by molar-refractivity contribution is -0.161. The molecule has 0 aromatic heterocycles. The van der Waals surface area contributed by atoms with Crippen molar-refractivity contribution < 1.29 is 48.2 Å². The summed E-state index contributed by atoms with van der Waals surface area (Å²) in [5.41, 5.74) is 0. The predicted molar refractivity (Wildman–Crippen MR) is 205 cm³/mol. The van der Waals surface area contributed by atoms with E-state index in [4.69, 9.17) is 19.3 Å². The molecule has 4 N–H and O–H groups in total. The van der Waals surface area contributed by atoms with E-state index >= 15 is 0 Å². The van der Waals surface area contributed by atoms with Gasteiger partial charge in [0.2, 0.25) is 0 Å². The highest BCUT2D eigenvalue weighted by Crippen LogP contribution is 2.36. The fraction of sp³-hybridized carbons (Fsp3) is 0.900. The van der Waals surface area contributed by atoms with E-state index in [1.807, 2.05) is 6.08 Å². The first-order chi connectivity index (χ1) is 24.6. The molecule has 0 rings (SSSR count). The summed E-state index contributed by atoms with van der Waals surface area (Å²) in [5.74, 6) is -0.987. The second-order valence-electron chi connectivity index (χ2n) is 14.3. The van der Waals surface area contributed by atoms with E-state index in [0.717, 1.165) is 57.8 Å². The summed E-state index contributed by atoms with van der Waals surface area (Å²) < 4.78 is 26.3. The van der Waals surface area contributed by atoms with Crippen LogP contribution in [0.2, 0.25) is 0 Å². The average Bonchev–Trinajstić information content (AvgIpc) is 3.09. The normalized spacial score (nSPS) is 13.8. The van der Waals surface area contributed by atoms with Crippen molar-refractivity contribution in [1.29, 1.82) is 0 Å². The Kier molecular flexibility index (Phi) is 34.8. The summed E-state index contributed by atoms with van der Waals surface area (Å²) in [6.45, 7) is 3.51. The van der Waals surface area contributed by atoms with Crippen LogP contribution >= 0.6 is 7.82 Å². The van der Waals surface area contributed by atoms with Gasteiger partial charge in [-0.3, -0.25) is 14.1 Å². The Morgan fingerprint density at radius 3 is 1.53 bits per heavy atom. The zero-order chi connectivity index (χ0) is 37.8. The van der Waals surface area contributed by atoms with Gasteiger partial charge in [-0.1, -0.05) is 161 Å². The number of aliphatic hydroxyl groups excluding tert-OH is 2. The summed E-state index contributed by atoms with van der Waals surface area (Å²) in [4.78, 5) is 42.8. The van der Waals surface area contributed by atoms with Crippen LogP contribution in [0.3, 0.4) is 0 Å². The molecule has 0 aliphatic carbocycles. The minimum Gasteiger partial charge on any atom is -0.462 e. The van der Waals surface area contributed by atoms with Gasteiger partial charge in [0.1, 0.15) is 6.61 Å². The topological polar surface area (TPSA) is 160 Å². The molecule has 0 aromatic carbocycles. The van der Waals surface area contributed by atoms with Gasteiger partial charge < -0.3 is 29.5 Å². The van der Waals surface area contributed by atoms with Gasteiger partial charge >= 0.3 is 19.8 Å². The van der Waals surface area contributed by atoms with Crippen LogP contribution in [0.15, 0.2) is 12.2 Å². The predicted octanol–water partition coefficient (Wildman–Crippen LogP) is 10.2. The maximum Gasteiger partial charge on any atom is 0.469 e. The molecule has 10 nitrogen and oxygen atoms in total. The smallest absolute Gasteiger partial charge is 0.462 e. The largest absolute Gasteiger partial charge is 0.469 e. The second kappa shape index (κ2) is 35.7. The molecule has 0 saturated carbocycles. The Hall–Kier alpha value is -1.29. The zero-order valence-corrected chi connectivity index (χ0v) is 33.4. The molecule has 0 radical (unpaired) electrons. The summed E-state index contributed by atoms with van der Waals surface area (Å²) in [5, 5.41) is 20.3. The zero-order valence-electron chi connectivity index (χ0n) is 32.5. The van der Waals surface area contributed by atoms with E-state index in [0.29, 0.717) is 25.7 Å². The molecule has 0 aliphatic heterocycles. The molecule has 302 valence electrons. The summed E-state index contributed by atoms with van der Waals surface area (Å²) in [6, 6.07) is 0. The number of esters is 2. The Morgan fingerprint density at radius 1 is 0.569 bits per heavy atom. The fourth-order valence-electron chi connectivity index (χ4n) is 5.99. The first kappa shape index (κ1) is 49.7. The number of ether oxygens (including phenoxy) is 2. The van der Waals surface area contributed by atoms with Crippen molar-refractivity contribution in [3.63, 3.8) is 0 Å². The molecule has 0 fully saturated rings. The molecule has 0 unspecified atom stereocenters. The van der Waals surface area contributed by atoms with Crippen molar-refractivity contribution in [2.75, 3.05) is 13.2 Å². The molecule has 51 heavy (non-hydrogen) atoms. The van der Waals surface area contributed by atoms with Crippen LogP contribution in [-0.2, 0) is 28.2 Å². The number of allylic oxidation sites excluding steroid dienone is 1. The van der Waals surface area contributed by atoms with Crippen LogP contribution in [0.5, 0.6) is 0 Å². The quantitative estimate of drug-likeness (QED) is 0.0207. The maximum atomic E-state index is 12.4. The third-order valence-corrected chi connectivity index (χ3v) is 9.72. The first-order valence-electron chi connectivity index (χ1n) is 20.6. The molecule has 0 amide bonds. The average molecular weight is 749 g/mol. The second-order valence-corrected chi connectivity index (χ2v) is 15.5. The number of hydrogen-bond acceptors (Lipinski definition) is 8. The summed E-state index contributed by atoms with van der Waals surface area (Å²) >= 11 is 0. The van der Waals surface area contributed by atoms with Crippen molar-refractivity contribution in [2.24, 2.45) is 0 Å². The molecule has 0 aliphatic rings. The van der Waals surface area contributed by atoms with Crippen LogP contribution in [0.25, 0.3) is 0 Å². The lowest BCUT2D eigenvalue weighted by Gasteiger charge is -2.18. The summed E-state index contributed by atoms with van der Waals surface area (Å²) in [7, 11) is -4.78. The number of rotatable bonds is 38. The van der Waals surface area contributed by atoms with Crippen LogP contribution in [0, 0.1) is 0 Å². The number of phosphoric acid groups is 1. The molecule has 0 saturated heterocycles. The van der Waals surface area contributed by atoms with Gasteiger partial charge in [0.25, 0.3) is 0 Å². The molecule has 3 atom stereocenters. The van der Waals surface area contributed by atoms with Crippen LogP contribution in [-0.4, -0.2) is 63.5 Å².